The highest BCUT2D eigenvalue weighted by Crippen LogP contribution is 2.32. The van der Waals surface area contributed by atoms with Gasteiger partial charge in [0, 0.05) is 5.54 Å². The van der Waals surface area contributed by atoms with Gasteiger partial charge in [0.05, 0.1) is 0 Å². The predicted octanol–water partition coefficient (Wildman–Crippen LogP) is 3.90. The Bertz CT molecular complexity index is 369. The lowest BCUT2D eigenvalue weighted by atomic mass is 9.74. The summed E-state index contributed by atoms with van der Waals surface area (Å²) in [6.45, 7) is 13.3. The van der Waals surface area contributed by atoms with Crippen LogP contribution in [0.15, 0.2) is 24.3 Å². The first-order valence-corrected chi connectivity index (χ1v) is 6.51. The molecule has 96 valence electrons. The van der Waals surface area contributed by atoms with Crippen LogP contribution in [0.1, 0.15) is 52.7 Å². The van der Waals surface area contributed by atoms with Crippen LogP contribution in [0, 0.1) is 5.92 Å². The topological polar surface area (TPSA) is 26.0 Å². The van der Waals surface area contributed by atoms with Crippen LogP contribution in [-0.4, -0.2) is 5.54 Å². The molecule has 0 aliphatic carbocycles. The molecule has 1 nitrogen and oxygen atoms in total. The maximum absolute atomic E-state index is 6.09. The lowest BCUT2D eigenvalue weighted by Crippen LogP contribution is -2.34. The average Bonchev–Trinajstić information content (AvgIpc) is 2.15. The van der Waals surface area contributed by atoms with E-state index in [9.17, 15) is 0 Å². The maximum Gasteiger partial charge on any atom is 0.0138 e. The molecular formula is C16H27N. The van der Waals surface area contributed by atoms with Crippen molar-refractivity contribution >= 4 is 0 Å². The largest absolute Gasteiger partial charge is 0.325 e. The lowest BCUT2D eigenvalue weighted by molar-refractivity contribution is 0.371. The Morgan fingerprint density at radius 2 is 1.71 bits per heavy atom. The molecule has 0 atom stereocenters. The van der Waals surface area contributed by atoms with E-state index in [0.29, 0.717) is 5.92 Å². The van der Waals surface area contributed by atoms with Crippen molar-refractivity contribution in [1.29, 1.82) is 0 Å². The molecular weight excluding hydrogens is 206 g/mol. The molecule has 17 heavy (non-hydrogen) atoms. The van der Waals surface area contributed by atoms with E-state index in [1.807, 2.05) is 0 Å². The highest BCUT2D eigenvalue weighted by molar-refractivity contribution is 5.30. The molecule has 2 N–H and O–H groups in total. The SMILES string of the molecule is CC(C)C(C)(C)c1cccc(CC(C)(C)N)c1. The Balaban J connectivity index is 3.02. The van der Waals surface area contributed by atoms with Crippen LogP contribution < -0.4 is 5.73 Å². The van der Waals surface area contributed by atoms with Gasteiger partial charge in [-0.2, -0.15) is 0 Å². The summed E-state index contributed by atoms with van der Waals surface area (Å²) in [4.78, 5) is 0. The fourth-order valence-corrected chi connectivity index (χ4v) is 1.94. The van der Waals surface area contributed by atoms with Crippen LogP contribution in [-0.2, 0) is 11.8 Å². The second kappa shape index (κ2) is 4.81. The molecule has 0 radical (unpaired) electrons. The number of benzene rings is 1. The minimum atomic E-state index is -0.138. The minimum Gasteiger partial charge on any atom is -0.325 e. The van der Waals surface area contributed by atoms with Gasteiger partial charge in [-0.05, 0) is 42.7 Å². The minimum absolute atomic E-state index is 0.138. The molecule has 0 bridgehead atoms. The van der Waals surface area contributed by atoms with Crippen LogP contribution in [0.2, 0.25) is 0 Å². The third-order valence-electron chi connectivity index (χ3n) is 3.77. The first-order valence-electron chi connectivity index (χ1n) is 6.51. The Morgan fingerprint density at radius 1 is 1.12 bits per heavy atom. The molecule has 1 aromatic carbocycles. The van der Waals surface area contributed by atoms with E-state index in [4.69, 9.17) is 5.73 Å². The van der Waals surface area contributed by atoms with Crippen molar-refractivity contribution in [2.45, 2.75) is 58.9 Å². The van der Waals surface area contributed by atoms with E-state index in [1.165, 1.54) is 11.1 Å². The molecule has 1 aromatic rings. The van der Waals surface area contributed by atoms with Crippen LogP contribution in [0.25, 0.3) is 0 Å². The molecule has 0 amide bonds. The molecule has 1 heteroatoms. The third kappa shape index (κ3) is 3.85. The van der Waals surface area contributed by atoms with Crippen molar-refractivity contribution in [2.75, 3.05) is 0 Å². The Morgan fingerprint density at radius 3 is 2.18 bits per heavy atom. The van der Waals surface area contributed by atoms with Gasteiger partial charge in [0.1, 0.15) is 0 Å². The van der Waals surface area contributed by atoms with Crippen LogP contribution in [0.4, 0.5) is 0 Å². The van der Waals surface area contributed by atoms with Crippen LogP contribution in [0.3, 0.4) is 0 Å². The summed E-state index contributed by atoms with van der Waals surface area (Å²) in [6.07, 6.45) is 0.926. The zero-order valence-corrected chi connectivity index (χ0v) is 12.2. The van der Waals surface area contributed by atoms with Gasteiger partial charge in [-0.1, -0.05) is 52.0 Å². The van der Waals surface area contributed by atoms with Gasteiger partial charge in [-0.25, -0.2) is 0 Å². The van der Waals surface area contributed by atoms with Crippen molar-refractivity contribution in [3.63, 3.8) is 0 Å². The summed E-state index contributed by atoms with van der Waals surface area (Å²) in [5.74, 6) is 0.628. The van der Waals surface area contributed by atoms with Crippen LogP contribution >= 0.6 is 0 Å². The quantitative estimate of drug-likeness (QED) is 0.838. The predicted molar refractivity (Wildman–Crippen MR) is 76.3 cm³/mol. The summed E-state index contributed by atoms with van der Waals surface area (Å²) in [5, 5.41) is 0. The van der Waals surface area contributed by atoms with Gasteiger partial charge < -0.3 is 5.73 Å². The summed E-state index contributed by atoms with van der Waals surface area (Å²) < 4.78 is 0. The van der Waals surface area contributed by atoms with Crippen LogP contribution in [0.5, 0.6) is 0 Å². The molecule has 0 aromatic heterocycles. The van der Waals surface area contributed by atoms with Gasteiger partial charge >= 0.3 is 0 Å². The van der Waals surface area contributed by atoms with Crippen molar-refractivity contribution in [3.05, 3.63) is 35.4 Å². The Kier molecular flexibility index (Phi) is 4.03. The molecule has 0 saturated heterocycles. The first-order chi connectivity index (χ1) is 7.63. The smallest absolute Gasteiger partial charge is 0.0138 e. The maximum atomic E-state index is 6.09. The van der Waals surface area contributed by atoms with Crippen molar-refractivity contribution in [3.8, 4) is 0 Å². The number of hydrogen-bond donors (Lipinski definition) is 1. The van der Waals surface area contributed by atoms with E-state index in [0.717, 1.165) is 6.42 Å². The fraction of sp³-hybridized carbons (Fsp3) is 0.625. The number of nitrogens with two attached hydrogens (primary N) is 1. The average molecular weight is 233 g/mol. The zero-order valence-electron chi connectivity index (χ0n) is 12.2. The summed E-state index contributed by atoms with van der Waals surface area (Å²) in [5.41, 5.74) is 8.91. The highest BCUT2D eigenvalue weighted by atomic mass is 14.7. The molecule has 1 rings (SSSR count). The lowest BCUT2D eigenvalue weighted by Gasteiger charge is -2.30. The number of hydrogen-bond acceptors (Lipinski definition) is 1. The van der Waals surface area contributed by atoms with E-state index in [1.54, 1.807) is 0 Å². The summed E-state index contributed by atoms with van der Waals surface area (Å²) in [6, 6.07) is 8.87. The molecule has 0 aliphatic rings. The van der Waals surface area contributed by atoms with Gasteiger partial charge in [-0.3, -0.25) is 0 Å². The Hall–Kier alpha value is -0.820. The normalized spacial score (nSPS) is 13.2. The molecule has 0 heterocycles. The van der Waals surface area contributed by atoms with Gasteiger partial charge in [0.2, 0.25) is 0 Å². The zero-order chi connectivity index (χ0) is 13.3. The molecule has 0 unspecified atom stereocenters. The molecule has 0 saturated carbocycles. The molecule has 0 aliphatic heterocycles. The van der Waals surface area contributed by atoms with Gasteiger partial charge in [0.15, 0.2) is 0 Å². The van der Waals surface area contributed by atoms with E-state index >= 15 is 0 Å². The molecule has 0 spiro atoms. The van der Waals surface area contributed by atoms with Gasteiger partial charge in [0.25, 0.3) is 0 Å². The first kappa shape index (κ1) is 14.2. The highest BCUT2D eigenvalue weighted by Gasteiger charge is 2.25. The second-order valence-corrected chi connectivity index (χ2v) is 6.74. The Labute approximate surface area is 106 Å². The fourth-order valence-electron chi connectivity index (χ4n) is 1.94. The van der Waals surface area contributed by atoms with E-state index in [2.05, 4.69) is 65.8 Å². The van der Waals surface area contributed by atoms with Crippen molar-refractivity contribution < 1.29 is 0 Å². The summed E-state index contributed by atoms with van der Waals surface area (Å²) >= 11 is 0. The standard InChI is InChI=1S/C16H27N/c1-12(2)16(5,6)14-9-7-8-13(10-14)11-15(3,4)17/h7-10,12H,11,17H2,1-6H3. The summed E-state index contributed by atoms with van der Waals surface area (Å²) in [7, 11) is 0. The second-order valence-electron chi connectivity index (χ2n) is 6.74. The van der Waals surface area contributed by atoms with E-state index in [-0.39, 0.29) is 11.0 Å². The monoisotopic (exact) mass is 233 g/mol. The molecule has 0 fully saturated rings. The van der Waals surface area contributed by atoms with E-state index < -0.39 is 0 Å². The van der Waals surface area contributed by atoms with Crippen molar-refractivity contribution in [1.82, 2.24) is 0 Å². The van der Waals surface area contributed by atoms with Crippen molar-refractivity contribution in [2.24, 2.45) is 11.7 Å². The number of rotatable bonds is 4. The third-order valence-corrected chi connectivity index (χ3v) is 3.77. The van der Waals surface area contributed by atoms with Gasteiger partial charge in [-0.15, -0.1) is 0 Å².